The van der Waals surface area contributed by atoms with Crippen LogP contribution in [0.4, 0.5) is 39.7 Å². The van der Waals surface area contributed by atoms with E-state index in [1.165, 1.54) is 12.8 Å². The van der Waals surface area contributed by atoms with Crippen molar-refractivity contribution >= 4 is 23.4 Å². The molecule has 7 nitrogen and oxygen atoms in total. The second kappa shape index (κ2) is 11.7. The predicted octanol–water partition coefficient (Wildman–Crippen LogP) is 5.19. The van der Waals surface area contributed by atoms with Crippen LogP contribution in [0.5, 0.6) is 0 Å². The van der Waals surface area contributed by atoms with Crippen molar-refractivity contribution in [3.05, 3.63) is 77.4 Å². The fourth-order valence-corrected chi connectivity index (χ4v) is 3.68. The average molecular weight is 513 g/mol. The number of aromatic nitrogens is 2. The molecule has 3 N–H and O–H groups in total. The summed E-state index contributed by atoms with van der Waals surface area (Å²) in [5, 5.41) is 7.73. The van der Waals surface area contributed by atoms with E-state index in [1.807, 2.05) is 0 Å². The minimum atomic E-state index is -4.66. The van der Waals surface area contributed by atoms with Gasteiger partial charge < -0.3 is 20.9 Å². The molecule has 0 bridgehead atoms. The predicted molar refractivity (Wildman–Crippen MR) is 133 cm³/mol. The molecular weight excluding hydrogens is 488 g/mol. The van der Waals surface area contributed by atoms with Crippen LogP contribution in [-0.2, 0) is 6.18 Å². The number of alkyl halides is 3. The number of likely N-dealkylation sites (tertiary alicyclic amines) is 1. The van der Waals surface area contributed by atoms with Gasteiger partial charge in [0.15, 0.2) is 0 Å². The van der Waals surface area contributed by atoms with Crippen LogP contribution in [0.15, 0.2) is 54.9 Å². The molecule has 4 rings (SSSR count). The third-order valence-corrected chi connectivity index (χ3v) is 5.60. The number of anilines is 3. The van der Waals surface area contributed by atoms with Crippen LogP contribution in [0.1, 0.15) is 29.5 Å². The number of hydrogen-bond donors (Lipinski definition) is 3. The van der Waals surface area contributed by atoms with Gasteiger partial charge in [0.1, 0.15) is 5.82 Å². The number of amides is 2. The Kier molecular flexibility index (Phi) is 8.20. The summed E-state index contributed by atoms with van der Waals surface area (Å²) in [6, 6.07) is 7.34. The van der Waals surface area contributed by atoms with Crippen LogP contribution in [0, 0.1) is 17.7 Å². The maximum Gasteiger partial charge on any atom is 0.416 e. The van der Waals surface area contributed by atoms with Crippen molar-refractivity contribution in [3.63, 3.8) is 0 Å². The summed E-state index contributed by atoms with van der Waals surface area (Å²) in [6.07, 6.45) is 1.11. The van der Waals surface area contributed by atoms with E-state index < -0.39 is 29.3 Å². The number of urea groups is 1. The first-order chi connectivity index (χ1) is 17.8. The molecule has 192 valence electrons. The van der Waals surface area contributed by atoms with Gasteiger partial charge in [0.25, 0.3) is 0 Å². The maximum atomic E-state index is 13.8. The summed E-state index contributed by atoms with van der Waals surface area (Å²) in [6.45, 7) is 4.01. The van der Waals surface area contributed by atoms with E-state index in [9.17, 15) is 22.4 Å². The molecule has 1 aromatic heterocycles. The van der Waals surface area contributed by atoms with Crippen LogP contribution < -0.4 is 16.0 Å². The Hall–Kier alpha value is -4.17. The molecule has 1 fully saturated rings. The Morgan fingerprint density at radius 3 is 2.30 bits per heavy atom. The number of nitrogens with zero attached hydrogens (tertiary/aromatic N) is 3. The van der Waals surface area contributed by atoms with E-state index in [2.05, 4.69) is 42.7 Å². The molecule has 2 aromatic carbocycles. The zero-order valence-electron chi connectivity index (χ0n) is 19.7. The third kappa shape index (κ3) is 7.65. The molecule has 1 aliphatic rings. The van der Waals surface area contributed by atoms with Gasteiger partial charge in [0, 0.05) is 36.7 Å². The van der Waals surface area contributed by atoms with Crippen molar-refractivity contribution in [3.8, 4) is 11.8 Å². The molecule has 0 saturated carbocycles. The van der Waals surface area contributed by atoms with Gasteiger partial charge in [-0.25, -0.2) is 19.2 Å². The van der Waals surface area contributed by atoms with Gasteiger partial charge in [-0.2, -0.15) is 13.2 Å². The van der Waals surface area contributed by atoms with Crippen LogP contribution >= 0.6 is 0 Å². The van der Waals surface area contributed by atoms with E-state index in [4.69, 9.17) is 0 Å². The van der Waals surface area contributed by atoms with Crippen molar-refractivity contribution in [2.24, 2.45) is 0 Å². The third-order valence-electron chi connectivity index (χ3n) is 5.60. The average Bonchev–Trinajstić information content (AvgIpc) is 3.39. The van der Waals surface area contributed by atoms with Gasteiger partial charge in [0.2, 0.25) is 5.95 Å². The Morgan fingerprint density at radius 2 is 1.62 bits per heavy atom. The van der Waals surface area contributed by atoms with Crippen molar-refractivity contribution in [2.75, 3.05) is 42.1 Å². The Balaban J connectivity index is 1.28. The number of nitrogens with one attached hydrogen (secondary N) is 3. The smallest absolute Gasteiger partial charge is 0.353 e. The maximum absolute atomic E-state index is 13.8. The lowest BCUT2D eigenvalue weighted by molar-refractivity contribution is -0.137. The van der Waals surface area contributed by atoms with E-state index in [0.29, 0.717) is 41.0 Å². The van der Waals surface area contributed by atoms with Gasteiger partial charge in [0.05, 0.1) is 16.8 Å². The number of halogens is 4. The van der Waals surface area contributed by atoms with E-state index >= 15 is 0 Å². The summed E-state index contributed by atoms with van der Waals surface area (Å²) < 4.78 is 52.3. The normalized spacial score (nSPS) is 13.5. The fourth-order valence-electron chi connectivity index (χ4n) is 3.68. The highest BCUT2D eigenvalue weighted by Crippen LogP contribution is 2.31. The number of rotatable bonds is 6. The van der Waals surface area contributed by atoms with E-state index in [1.54, 1.807) is 36.7 Å². The molecule has 1 aliphatic heterocycles. The number of hydrogen-bond acceptors (Lipinski definition) is 5. The lowest BCUT2D eigenvalue weighted by Gasteiger charge is -2.14. The molecule has 37 heavy (non-hydrogen) atoms. The van der Waals surface area contributed by atoms with Crippen molar-refractivity contribution in [2.45, 2.75) is 19.0 Å². The zero-order valence-corrected chi connectivity index (χ0v) is 19.7. The first-order valence-corrected chi connectivity index (χ1v) is 11.6. The Labute approximate surface area is 211 Å². The van der Waals surface area contributed by atoms with Gasteiger partial charge in [-0.15, -0.1) is 0 Å². The zero-order chi connectivity index (χ0) is 26.3. The number of carbonyl (C=O) groups excluding carboxylic acids is 1. The minimum absolute atomic E-state index is 0.350. The second-order valence-corrected chi connectivity index (χ2v) is 8.37. The molecule has 0 spiro atoms. The molecule has 0 atom stereocenters. The molecule has 0 aliphatic carbocycles. The topological polar surface area (TPSA) is 82.2 Å². The van der Waals surface area contributed by atoms with Gasteiger partial charge >= 0.3 is 12.2 Å². The molecule has 0 unspecified atom stereocenters. The molecule has 0 radical (unpaired) electrons. The van der Waals surface area contributed by atoms with Gasteiger partial charge in [-0.05, 0) is 68.4 Å². The largest absolute Gasteiger partial charge is 0.416 e. The molecular formula is C26H24F4N6O. The van der Waals surface area contributed by atoms with Crippen molar-refractivity contribution in [1.82, 2.24) is 14.9 Å². The monoisotopic (exact) mass is 512 g/mol. The molecule has 2 amide bonds. The van der Waals surface area contributed by atoms with Crippen LogP contribution in [0.3, 0.4) is 0 Å². The summed E-state index contributed by atoms with van der Waals surface area (Å²) in [4.78, 5) is 23.1. The molecule has 1 saturated heterocycles. The number of benzene rings is 2. The molecule has 3 aromatic rings. The summed E-state index contributed by atoms with van der Waals surface area (Å²) in [5.41, 5.74) is -0.00797. The highest BCUT2D eigenvalue weighted by Gasteiger charge is 2.31. The van der Waals surface area contributed by atoms with Gasteiger partial charge in [-0.1, -0.05) is 11.8 Å². The highest BCUT2D eigenvalue weighted by atomic mass is 19.4. The van der Waals surface area contributed by atoms with Gasteiger partial charge in [-0.3, -0.25) is 0 Å². The van der Waals surface area contributed by atoms with Crippen LogP contribution in [0.25, 0.3) is 0 Å². The SMILES string of the molecule is O=C(Nc1ccc(C#Cc2cnc(NCCN3CCCC3)nc2)cc1)Nc1cc(C(F)(F)F)ccc1F. The first-order valence-electron chi connectivity index (χ1n) is 11.6. The minimum Gasteiger partial charge on any atom is -0.353 e. The summed E-state index contributed by atoms with van der Waals surface area (Å²) in [5.74, 6) is 5.49. The lowest BCUT2D eigenvalue weighted by Crippen LogP contribution is -2.26. The first kappa shape index (κ1) is 25.9. The fraction of sp³-hybridized carbons (Fsp3) is 0.269. The van der Waals surface area contributed by atoms with Crippen molar-refractivity contribution in [1.29, 1.82) is 0 Å². The Morgan fingerprint density at radius 1 is 0.946 bits per heavy atom. The van der Waals surface area contributed by atoms with E-state index in [0.717, 1.165) is 26.2 Å². The number of carbonyl (C=O) groups is 1. The quantitative estimate of drug-likeness (QED) is 0.313. The summed E-state index contributed by atoms with van der Waals surface area (Å²) >= 11 is 0. The van der Waals surface area contributed by atoms with Crippen molar-refractivity contribution < 1.29 is 22.4 Å². The van der Waals surface area contributed by atoms with Crippen LogP contribution in [-0.4, -0.2) is 47.1 Å². The Bertz CT molecular complexity index is 1280. The standard InChI is InChI=1S/C26H24F4N6O/c27-22-10-7-20(26(28,29)30)15-23(22)35-25(37)34-21-8-5-18(6-9-21)3-4-19-16-32-24(33-17-19)31-11-14-36-12-1-2-13-36/h5-10,15-17H,1-2,11-14H2,(H,31,32,33)(H2,34,35,37). The lowest BCUT2D eigenvalue weighted by atomic mass is 10.2. The second-order valence-electron chi connectivity index (χ2n) is 8.37. The molecule has 11 heteroatoms. The highest BCUT2D eigenvalue weighted by molar-refractivity contribution is 5.99. The van der Waals surface area contributed by atoms with Crippen LogP contribution in [0.2, 0.25) is 0 Å². The van der Waals surface area contributed by atoms with E-state index in [-0.39, 0.29) is 0 Å². The summed E-state index contributed by atoms with van der Waals surface area (Å²) in [7, 11) is 0. The molecule has 2 heterocycles.